The first kappa shape index (κ1) is 9.50. The van der Waals surface area contributed by atoms with E-state index < -0.39 is 6.09 Å². The van der Waals surface area contributed by atoms with Crippen LogP contribution in [-0.2, 0) is 4.84 Å². The molecule has 0 saturated heterocycles. The van der Waals surface area contributed by atoms with Crippen molar-refractivity contribution in [3.63, 3.8) is 0 Å². The maximum atomic E-state index is 10.9. The average molecular weight is 181 g/mol. The molecule has 0 saturated carbocycles. The predicted octanol–water partition coefficient (Wildman–Crippen LogP) is 0.685. The minimum absolute atomic E-state index is 0.568. The van der Waals surface area contributed by atoms with Crippen LogP contribution >= 0.6 is 0 Å². The number of amides is 1. The van der Waals surface area contributed by atoms with Crippen molar-refractivity contribution in [1.29, 1.82) is 0 Å². The molecule has 1 amide bonds. The first-order valence-corrected chi connectivity index (χ1v) is 3.68. The van der Waals surface area contributed by atoms with Crippen molar-refractivity contribution in [2.24, 2.45) is 11.7 Å². The van der Waals surface area contributed by atoms with Gasteiger partial charge in [0.1, 0.15) is 0 Å². The van der Waals surface area contributed by atoms with Crippen molar-refractivity contribution >= 4 is 11.8 Å². The summed E-state index contributed by atoms with van der Waals surface area (Å²) in [5.41, 5.74) is 1.44. The second kappa shape index (κ2) is 3.88. The molecule has 1 aromatic carbocycles. The molecule has 0 fully saturated rings. The number of nitrogens with zero attached hydrogens (tertiary/aromatic N) is 1. The molecule has 0 heterocycles. The number of anilines is 1. The van der Waals surface area contributed by atoms with Gasteiger partial charge in [-0.25, -0.2) is 15.6 Å². The smallest absolute Gasteiger partial charge is 0.355 e. The molecule has 0 radical (unpaired) electrons. The molecular weight excluding hydrogens is 170 g/mol. The van der Waals surface area contributed by atoms with Gasteiger partial charge in [0.05, 0.1) is 5.69 Å². The summed E-state index contributed by atoms with van der Waals surface area (Å²) in [7, 11) is 0. The second-order valence-corrected chi connectivity index (χ2v) is 2.54. The zero-order chi connectivity index (χ0) is 9.84. The number of carbonyl (C=O) groups is 1. The van der Waals surface area contributed by atoms with E-state index in [1.54, 1.807) is 12.1 Å². The molecule has 5 nitrogen and oxygen atoms in total. The van der Waals surface area contributed by atoms with E-state index in [0.717, 1.165) is 10.6 Å². The number of aryl methyl sites for hydroxylation is 1. The molecule has 70 valence electrons. The normalized spacial score (nSPS) is 9.46. The Morgan fingerprint density at radius 3 is 2.62 bits per heavy atom. The summed E-state index contributed by atoms with van der Waals surface area (Å²) in [6.07, 6.45) is -0.797. The van der Waals surface area contributed by atoms with Crippen molar-refractivity contribution in [2.75, 3.05) is 5.01 Å². The molecule has 0 atom stereocenters. The van der Waals surface area contributed by atoms with Gasteiger partial charge < -0.3 is 4.84 Å². The monoisotopic (exact) mass is 181 g/mol. The van der Waals surface area contributed by atoms with E-state index in [1.807, 2.05) is 19.1 Å². The maximum absolute atomic E-state index is 10.9. The highest BCUT2D eigenvalue weighted by Gasteiger charge is 2.13. The molecule has 4 N–H and O–H groups in total. The minimum atomic E-state index is -0.797. The van der Waals surface area contributed by atoms with Crippen LogP contribution in [-0.4, -0.2) is 6.09 Å². The van der Waals surface area contributed by atoms with Gasteiger partial charge in [0.2, 0.25) is 0 Å². The Kier molecular flexibility index (Phi) is 2.84. The molecule has 0 aliphatic carbocycles. The van der Waals surface area contributed by atoms with Crippen LogP contribution in [0.15, 0.2) is 24.3 Å². The predicted molar refractivity (Wildman–Crippen MR) is 48.5 cm³/mol. The van der Waals surface area contributed by atoms with Crippen LogP contribution in [0.25, 0.3) is 0 Å². The average Bonchev–Trinajstić information content (AvgIpc) is 2.16. The highest BCUT2D eigenvalue weighted by molar-refractivity contribution is 5.86. The van der Waals surface area contributed by atoms with E-state index in [1.165, 1.54) is 0 Å². The number of hydrazine groups is 1. The molecule has 0 aromatic heterocycles. The molecular formula is C8H11N3O2. The van der Waals surface area contributed by atoms with Gasteiger partial charge in [-0.1, -0.05) is 18.2 Å². The quantitative estimate of drug-likeness (QED) is 0.379. The fourth-order valence-corrected chi connectivity index (χ4v) is 0.989. The molecule has 1 aromatic rings. The summed E-state index contributed by atoms with van der Waals surface area (Å²) in [4.78, 5) is 14.9. The molecule has 1 rings (SSSR count). The first-order valence-electron chi connectivity index (χ1n) is 3.68. The summed E-state index contributed by atoms with van der Waals surface area (Å²) in [6, 6.07) is 7.15. The number of nitrogens with two attached hydrogens (primary N) is 2. The molecule has 0 aliphatic rings. The van der Waals surface area contributed by atoms with E-state index in [2.05, 4.69) is 10.7 Å². The van der Waals surface area contributed by atoms with Crippen molar-refractivity contribution in [2.45, 2.75) is 6.92 Å². The maximum Gasteiger partial charge on any atom is 0.447 e. The lowest BCUT2D eigenvalue weighted by Crippen LogP contribution is -2.39. The van der Waals surface area contributed by atoms with Crippen LogP contribution in [0, 0.1) is 6.92 Å². The van der Waals surface area contributed by atoms with Crippen LogP contribution in [0.4, 0.5) is 10.5 Å². The minimum Gasteiger partial charge on any atom is -0.355 e. The van der Waals surface area contributed by atoms with Crippen LogP contribution in [0.3, 0.4) is 0 Å². The topological polar surface area (TPSA) is 81.6 Å². The van der Waals surface area contributed by atoms with E-state index in [9.17, 15) is 4.79 Å². The van der Waals surface area contributed by atoms with Gasteiger partial charge in [-0.2, -0.15) is 5.90 Å². The molecule has 13 heavy (non-hydrogen) atoms. The molecule has 0 spiro atoms. The van der Waals surface area contributed by atoms with Crippen molar-refractivity contribution in [1.82, 2.24) is 0 Å². The Balaban J connectivity index is 2.95. The fraction of sp³-hybridized carbons (Fsp3) is 0.125. The Morgan fingerprint density at radius 2 is 2.08 bits per heavy atom. The zero-order valence-electron chi connectivity index (χ0n) is 7.23. The lowest BCUT2D eigenvalue weighted by Gasteiger charge is -2.15. The van der Waals surface area contributed by atoms with Gasteiger partial charge in [0.15, 0.2) is 0 Å². The molecule has 0 unspecified atom stereocenters. The Hall–Kier alpha value is -1.59. The van der Waals surface area contributed by atoms with Crippen LogP contribution in [0.1, 0.15) is 5.56 Å². The number of hydrogen-bond donors (Lipinski definition) is 2. The second-order valence-electron chi connectivity index (χ2n) is 2.54. The van der Waals surface area contributed by atoms with Crippen LogP contribution in [0.5, 0.6) is 0 Å². The first-order chi connectivity index (χ1) is 6.16. The van der Waals surface area contributed by atoms with Crippen molar-refractivity contribution in [3.05, 3.63) is 29.8 Å². The van der Waals surface area contributed by atoms with Crippen molar-refractivity contribution in [3.8, 4) is 0 Å². The number of benzene rings is 1. The largest absolute Gasteiger partial charge is 0.447 e. The summed E-state index contributed by atoms with van der Waals surface area (Å²) in [6.45, 7) is 1.83. The SMILES string of the molecule is Cc1ccccc1N(N)C(=O)ON. The third-order valence-electron chi connectivity index (χ3n) is 1.67. The van der Waals surface area contributed by atoms with Gasteiger partial charge in [0.25, 0.3) is 0 Å². The van der Waals surface area contributed by atoms with Crippen LogP contribution in [0.2, 0.25) is 0 Å². The highest BCUT2D eigenvalue weighted by Crippen LogP contribution is 2.16. The van der Waals surface area contributed by atoms with Gasteiger partial charge >= 0.3 is 6.09 Å². The number of rotatable bonds is 1. The molecule has 0 aliphatic heterocycles. The zero-order valence-corrected chi connectivity index (χ0v) is 7.23. The lowest BCUT2D eigenvalue weighted by molar-refractivity contribution is 0.155. The van der Waals surface area contributed by atoms with Crippen LogP contribution < -0.4 is 16.7 Å². The summed E-state index contributed by atoms with van der Waals surface area (Å²) in [5.74, 6) is 10.1. The number of para-hydroxylation sites is 1. The highest BCUT2D eigenvalue weighted by atomic mass is 16.7. The summed E-state index contributed by atoms with van der Waals surface area (Å²) in [5, 5.41) is 0.856. The van der Waals surface area contributed by atoms with E-state index in [-0.39, 0.29) is 0 Å². The van der Waals surface area contributed by atoms with E-state index in [4.69, 9.17) is 5.84 Å². The van der Waals surface area contributed by atoms with Gasteiger partial charge in [-0.15, -0.1) is 0 Å². The molecule has 0 bridgehead atoms. The third kappa shape index (κ3) is 1.95. The Labute approximate surface area is 75.8 Å². The third-order valence-corrected chi connectivity index (χ3v) is 1.67. The fourth-order valence-electron chi connectivity index (χ4n) is 0.989. The Morgan fingerprint density at radius 1 is 1.46 bits per heavy atom. The lowest BCUT2D eigenvalue weighted by atomic mass is 10.2. The summed E-state index contributed by atoms with van der Waals surface area (Å²) >= 11 is 0. The van der Waals surface area contributed by atoms with Gasteiger partial charge in [-0.3, -0.25) is 0 Å². The Bertz CT molecular complexity index is 314. The summed E-state index contributed by atoms with van der Waals surface area (Å²) < 4.78 is 0. The molecule has 5 heteroatoms. The number of carbonyl (C=O) groups excluding carboxylic acids is 1. The van der Waals surface area contributed by atoms with Crippen molar-refractivity contribution < 1.29 is 9.63 Å². The standard InChI is InChI=1S/C8H11N3O2/c1-6-4-2-3-5-7(6)11(9)8(12)13-10/h2-5H,9-10H2,1H3. The van der Waals surface area contributed by atoms with Gasteiger partial charge in [-0.05, 0) is 18.6 Å². The number of hydrogen-bond acceptors (Lipinski definition) is 4. The van der Waals surface area contributed by atoms with Gasteiger partial charge in [0, 0.05) is 0 Å². The van der Waals surface area contributed by atoms with E-state index in [0.29, 0.717) is 5.69 Å². The van der Waals surface area contributed by atoms with E-state index >= 15 is 0 Å².